The van der Waals surface area contributed by atoms with Gasteiger partial charge in [-0.05, 0) is 25.5 Å². The third-order valence-electron chi connectivity index (χ3n) is 2.51. The highest BCUT2D eigenvalue weighted by molar-refractivity contribution is 5.76. The van der Waals surface area contributed by atoms with Crippen LogP contribution in [0.3, 0.4) is 0 Å². The van der Waals surface area contributed by atoms with Gasteiger partial charge in [-0.3, -0.25) is 4.79 Å². The molecule has 0 spiro atoms. The molecule has 0 aromatic heterocycles. The molecule has 5 nitrogen and oxygen atoms in total. The van der Waals surface area contributed by atoms with Gasteiger partial charge in [-0.15, -0.1) is 0 Å². The molecule has 1 heterocycles. The van der Waals surface area contributed by atoms with Crippen molar-refractivity contribution < 1.29 is 19.0 Å². The van der Waals surface area contributed by atoms with Crippen molar-refractivity contribution in [2.75, 3.05) is 18.9 Å². The van der Waals surface area contributed by atoms with Gasteiger partial charge in [0.1, 0.15) is 13.2 Å². The smallest absolute Gasteiger partial charge is 0.310 e. The highest BCUT2D eigenvalue weighted by Gasteiger charge is 2.17. The Morgan fingerprint density at radius 2 is 1.94 bits per heavy atom. The van der Waals surface area contributed by atoms with Gasteiger partial charge in [-0.1, -0.05) is 0 Å². The lowest BCUT2D eigenvalue weighted by Gasteiger charge is -2.20. The number of anilines is 1. The van der Waals surface area contributed by atoms with Crippen molar-refractivity contribution >= 4 is 11.7 Å². The summed E-state index contributed by atoms with van der Waals surface area (Å²) >= 11 is 0. The number of hydrogen-bond acceptors (Lipinski definition) is 5. The molecule has 0 amide bonds. The van der Waals surface area contributed by atoms with Gasteiger partial charge in [0.2, 0.25) is 0 Å². The van der Waals surface area contributed by atoms with E-state index in [1.54, 1.807) is 12.1 Å². The first-order valence-electron chi connectivity index (χ1n) is 5.93. The van der Waals surface area contributed by atoms with Crippen LogP contribution < -0.4 is 15.2 Å². The van der Waals surface area contributed by atoms with Crippen molar-refractivity contribution in [3.8, 4) is 11.5 Å². The molecule has 0 aliphatic carbocycles. The lowest BCUT2D eigenvalue weighted by Crippen LogP contribution is -2.17. The minimum atomic E-state index is -0.298. The topological polar surface area (TPSA) is 70.8 Å². The molecule has 0 saturated carbocycles. The molecule has 5 heteroatoms. The summed E-state index contributed by atoms with van der Waals surface area (Å²) in [6.45, 7) is 4.64. The molecule has 98 valence electrons. The average molecular weight is 251 g/mol. The van der Waals surface area contributed by atoms with Crippen LogP contribution in [0.25, 0.3) is 0 Å². The molecular weight excluding hydrogens is 234 g/mol. The number of hydrogen-bond donors (Lipinski definition) is 1. The van der Waals surface area contributed by atoms with Crippen molar-refractivity contribution in [3.05, 3.63) is 17.7 Å². The molecule has 1 aliphatic rings. The molecule has 2 rings (SSSR count). The zero-order valence-corrected chi connectivity index (χ0v) is 10.6. The number of nitrogens with two attached hydrogens (primary N) is 1. The first-order chi connectivity index (χ1) is 8.56. The van der Waals surface area contributed by atoms with Crippen LogP contribution in [-0.2, 0) is 16.0 Å². The number of ether oxygens (including phenoxy) is 3. The van der Waals surface area contributed by atoms with Gasteiger partial charge in [-0.25, -0.2) is 0 Å². The monoisotopic (exact) mass is 251 g/mol. The van der Waals surface area contributed by atoms with Crippen LogP contribution >= 0.6 is 0 Å². The fourth-order valence-corrected chi connectivity index (χ4v) is 1.76. The Morgan fingerprint density at radius 1 is 1.33 bits per heavy atom. The zero-order valence-electron chi connectivity index (χ0n) is 10.6. The second-order valence-corrected chi connectivity index (χ2v) is 4.41. The van der Waals surface area contributed by atoms with Crippen LogP contribution in [0.1, 0.15) is 19.4 Å². The van der Waals surface area contributed by atoms with Gasteiger partial charge in [-0.2, -0.15) is 0 Å². The maximum Gasteiger partial charge on any atom is 0.310 e. The van der Waals surface area contributed by atoms with Gasteiger partial charge in [0.15, 0.2) is 11.5 Å². The van der Waals surface area contributed by atoms with E-state index in [1.807, 2.05) is 13.8 Å². The lowest BCUT2D eigenvalue weighted by atomic mass is 10.1. The number of fused-ring (bicyclic) bond motifs is 1. The van der Waals surface area contributed by atoms with E-state index in [-0.39, 0.29) is 18.5 Å². The predicted molar refractivity (Wildman–Crippen MR) is 66.8 cm³/mol. The molecular formula is C13H17NO4. The SMILES string of the molecule is CC(C)OC(=O)Cc1cc2c(cc1N)OCCO2. The summed E-state index contributed by atoms with van der Waals surface area (Å²) in [6, 6.07) is 3.43. The van der Waals surface area contributed by atoms with E-state index in [0.717, 1.165) is 0 Å². The molecule has 0 fully saturated rings. The fourth-order valence-electron chi connectivity index (χ4n) is 1.76. The predicted octanol–water partition coefficient (Wildman–Crippen LogP) is 1.53. The van der Waals surface area contributed by atoms with Crippen molar-refractivity contribution in [2.24, 2.45) is 0 Å². The summed E-state index contributed by atoms with van der Waals surface area (Å²) in [5, 5.41) is 0. The van der Waals surface area contributed by atoms with E-state index < -0.39 is 0 Å². The van der Waals surface area contributed by atoms with Crippen LogP contribution in [0.15, 0.2) is 12.1 Å². The van der Waals surface area contributed by atoms with Crippen LogP contribution in [0, 0.1) is 0 Å². The van der Waals surface area contributed by atoms with Crippen molar-refractivity contribution in [3.63, 3.8) is 0 Å². The Hall–Kier alpha value is -1.91. The fraction of sp³-hybridized carbons (Fsp3) is 0.462. The molecule has 0 radical (unpaired) electrons. The second kappa shape index (κ2) is 5.16. The van der Waals surface area contributed by atoms with E-state index in [4.69, 9.17) is 19.9 Å². The van der Waals surface area contributed by atoms with Crippen LogP contribution in [-0.4, -0.2) is 25.3 Å². The summed E-state index contributed by atoms with van der Waals surface area (Å²) in [6.07, 6.45) is 0.0108. The summed E-state index contributed by atoms with van der Waals surface area (Å²) in [4.78, 5) is 11.6. The van der Waals surface area contributed by atoms with E-state index in [0.29, 0.717) is 36.0 Å². The van der Waals surface area contributed by atoms with Crippen LogP contribution in [0.5, 0.6) is 11.5 Å². The molecule has 0 unspecified atom stereocenters. The van der Waals surface area contributed by atoms with Crippen LogP contribution in [0.2, 0.25) is 0 Å². The highest BCUT2D eigenvalue weighted by Crippen LogP contribution is 2.34. The molecule has 18 heavy (non-hydrogen) atoms. The molecule has 0 bridgehead atoms. The Bertz CT molecular complexity index is 457. The Labute approximate surface area is 106 Å². The van der Waals surface area contributed by atoms with Gasteiger partial charge < -0.3 is 19.9 Å². The Kier molecular flexibility index (Phi) is 3.60. The Balaban J connectivity index is 2.15. The van der Waals surface area contributed by atoms with E-state index in [1.165, 1.54) is 0 Å². The van der Waals surface area contributed by atoms with Crippen molar-refractivity contribution in [1.29, 1.82) is 0 Å². The largest absolute Gasteiger partial charge is 0.486 e. The third-order valence-corrected chi connectivity index (χ3v) is 2.51. The maximum atomic E-state index is 11.6. The molecule has 1 aliphatic heterocycles. The zero-order chi connectivity index (χ0) is 13.1. The molecule has 2 N–H and O–H groups in total. The summed E-state index contributed by atoms with van der Waals surface area (Å²) in [5.41, 5.74) is 7.09. The highest BCUT2D eigenvalue weighted by atomic mass is 16.6. The standard InChI is InChI=1S/C13H17NO4/c1-8(2)18-13(15)6-9-5-11-12(7-10(9)14)17-4-3-16-11/h5,7-8H,3-4,6,14H2,1-2H3. The number of nitrogen functional groups attached to an aromatic ring is 1. The normalized spacial score (nSPS) is 13.5. The van der Waals surface area contributed by atoms with Crippen LogP contribution in [0.4, 0.5) is 5.69 Å². The second-order valence-electron chi connectivity index (χ2n) is 4.41. The Morgan fingerprint density at radius 3 is 2.56 bits per heavy atom. The average Bonchev–Trinajstić information content (AvgIpc) is 2.29. The van der Waals surface area contributed by atoms with E-state index >= 15 is 0 Å². The number of rotatable bonds is 3. The van der Waals surface area contributed by atoms with Crippen molar-refractivity contribution in [1.82, 2.24) is 0 Å². The molecule has 0 atom stereocenters. The third kappa shape index (κ3) is 2.85. The number of esters is 1. The maximum absolute atomic E-state index is 11.6. The van der Waals surface area contributed by atoms with Gasteiger partial charge >= 0.3 is 5.97 Å². The quantitative estimate of drug-likeness (QED) is 0.651. The summed E-state index contributed by atoms with van der Waals surface area (Å²) < 4.78 is 15.9. The number of carbonyl (C=O) groups excluding carboxylic acids is 1. The molecule has 0 saturated heterocycles. The minimum absolute atomic E-state index is 0.129. The minimum Gasteiger partial charge on any atom is -0.486 e. The number of carbonyl (C=O) groups is 1. The van der Waals surface area contributed by atoms with Crippen molar-refractivity contribution in [2.45, 2.75) is 26.4 Å². The lowest BCUT2D eigenvalue weighted by molar-refractivity contribution is -0.146. The first kappa shape index (κ1) is 12.5. The summed E-state index contributed by atoms with van der Waals surface area (Å²) in [7, 11) is 0. The molecule has 1 aromatic carbocycles. The van der Waals surface area contributed by atoms with Gasteiger partial charge in [0.05, 0.1) is 12.5 Å². The summed E-state index contributed by atoms with van der Waals surface area (Å²) in [5.74, 6) is 0.955. The van der Waals surface area contributed by atoms with E-state index in [9.17, 15) is 4.79 Å². The van der Waals surface area contributed by atoms with Gasteiger partial charge in [0.25, 0.3) is 0 Å². The molecule has 1 aromatic rings. The first-order valence-corrected chi connectivity index (χ1v) is 5.93. The van der Waals surface area contributed by atoms with E-state index in [2.05, 4.69) is 0 Å². The number of benzene rings is 1. The van der Waals surface area contributed by atoms with Gasteiger partial charge in [0, 0.05) is 11.8 Å².